The lowest BCUT2D eigenvalue weighted by atomic mass is 10.2. The molecule has 0 amide bonds. The molecule has 1 N–H and O–H groups in total. The van der Waals surface area contributed by atoms with Crippen LogP contribution in [0, 0.1) is 5.82 Å². The zero-order chi connectivity index (χ0) is 18.5. The van der Waals surface area contributed by atoms with Crippen LogP contribution in [0.1, 0.15) is 12.8 Å². The molecular formula is C17H16FN5O2S2. The van der Waals surface area contributed by atoms with Crippen LogP contribution in [0.3, 0.4) is 0 Å². The van der Waals surface area contributed by atoms with Crippen molar-refractivity contribution in [2.75, 3.05) is 18.5 Å². The van der Waals surface area contributed by atoms with Gasteiger partial charge in [-0.05, 0) is 48.9 Å². The largest absolute Gasteiger partial charge is 0.439 e. The van der Waals surface area contributed by atoms with Crippen molar-refractivity contribution in [1.82, 2.24) is 20.2 Å². The lowest BCUT2D eigenvalue weighted by Gasteiger charge is -2.08. The molecule has 0 radical (unpaired) electrons. The molecule has 4 rings (SSSR count). The highest BCUT2D eigenvalue weighted by atomic mass is 32.2. The van der Waals surface area contributed by atoms with Crippen LogP contribution in [-0.4, -0.2) is 39.4 Å². The van der Waals surface area contributed by atoms with Gasteiger partial charge in [-0.3, -0.25) is 0 Å². The molecule has 10 heteroatoms. The van der Waals surface area contributed by atoms with E-state index in [-0.39, 0.29) is 11.9 Å². The monoisotopic (exact) mass is 405 g/mol. The maximum atomic E-state index is 13.0. The van der Waals surface area contributed by atoms with Gasteiger partial charge in [-0.1, -0.05) is 11.3 Å². The Bertz CT molecular complexity index is 887. The molecule has 0 spiro atoms. The number of rotatable bonds is 7. The average molecular weight is 405 g/mol. The van der Waals surface area contributed by atoms with Crippen molar-refractivity contribution < 1.29 is 13.9 Å². The quantitative estimate of drug-likeness (QED) is 0.591. The number of anilines is 1. The summed E-state index contributed by atoms with van der Waals surface area (Å²) in [4.78, 5) is 8.56. The van der Waals surface area contributed by atoms with Crippen molar-refractivity contribution in [2.45, 2.75) is 28.4 Å². The summed E-state index contributed by atoms with van der Waals surface area (Å²) in [7, 11) is 0. The van der Waals surface area contributed by atoms with Crippen LogP contribution in [0.2, 0.25) is 0 Å². The molecule has 0 aliphatic carbocycles. The van der Waals surface area contributed by atoms with Gasteiger partial charge in [0, 0.05) is 25.4 Å². The van der Waals surface area contributed by atoms with Gasteiger partial charge in [0.05, 0.1) is 6.10 Å². The molecule has 3 heterocycles. The summed E-state index contributed by atoms with van der Waals surface area (Å²) in [6.45, 7) is 1.56. The second-order valence-electron chi connectivity index (χ2n) is 5.72. The van der Waals surface area contributed by atoms with E-state index in [1.54, 1.807) is 24.4 Å². The van der Waals surface area contributed by atoms with Crippen LogP contribution in [0.25, 0.3) is 0 Å². The first-order chi connectivity index (χ1) is 13.2. The molecule has 0 saturated carbocycles. The van der Waals surface area contributed by atoms with E-state index >= 15 is 0 Å². The van der Waals surface area contributed by atoms with Gasteiger partial charge in [-0.25, -0.2) is 9.37 Å². The molecule has 0 bridgehead atoms. The highest BCUT2D eigenvalue weighted by molar-refractivity contribution is 8.00. The lowest BCUT2D eigenvalue weighted by Crippen LogP contribution is -2.18. The summed E-state index contributed by atoms with van der Waals surface area (Å²) < 4.78 is 24.9. The van der Waals surface area contributed by atoms with Crippen LogP contribution in [0.15, 0.2) is 46.0 Å². The molecule has 1 aliphatic rings. The van der Waals surface area contributed by atoms with Crippen molar-refractivity contribution in [3.8, 4) is 11.6 Å². The van der Waals surface area contributed by atoms with Crippen LogP contribution in [0.5, 0.6) is 11.6 Å². The molecule has 7 nitrogen and oxygen atoms in total. The second kappa shape index (κ2) is 8.59. The van der Waals surface area contributed by atoms with E-state index in [4.69, 9.17) is 9.47 Å². The predicted molar refractivity (Wildman–Crippen MR) is 100 cm³/mol. The van der Waals surface area contributed by atoms with E-state index in [1.165, 1.54) is 35.2 Å². The fourth-order valence-electron chi connectivity index (χ4n) is 2.46. The second-order valence-corrected chi connectivity index (χ2v) is 7.92. The van der Waals surface area contributed by atoms with Gasteiger partial charge >= 0.3 is 0 Å². The zero-order valence-electron chi connectivity index (χ0n) is 14.2. The molecule has 140 valence electrons. The molecule has 1 fully saturated rings. The van der Waals surface area contributed by atoms with Crippen molar-refractivity contribution in [2.24, 2.45) is 0 Å². The third kappa shape index (κ3) is 5.12. The van der Waals surface area contributed by atoms with Crippen molar-refractivity contribution in [1.29, 1.82) is 0 Å². The van der Waals surface area contributed by atoms with Gasteiger partial charge in [-0.2, -0.15) is 4.98 Å². The lowest BCUT2D eigenvalue weighted by molar-refractivity contribution is 0.120. The van der Waals surface area contributed by atoms with Crippen LogP contribution >= 0.6 is 23.1 Å². The number of halogens is 1. The maximum Gasteiger partial charge on any atom is 0.223 e. The molecule has 1 aromatic carbocycles. The van der Waals surface area contributed by atoms with Gasteiger partial charge in [0.1, 0.15) is 11.6 Å². The van der Waals surface area contributed by atoms with Crippen molar-refractivity contribution >= 4 is 28.2 Å². The Labute approximate surface area is 163 Å². The van der Waals surface area contributed by atoms with Gasteiger partial charge in [0.15, 0.2) is 9.50 Å². The number of nitrogens with zero attached hydrogens (tertiary/aromatic N) is 4. The first-order valence-corrected chi connectivity index (χ1v) is 10.0. The first-order valence-electron chi connectivity index (χ1n) is 8.38. The van der Waals surface area contributed by atoms with E-state index in [0.29, 0.717) is 16.8 Å². The summed E-state index contributed by atoms with van der Waals surface area (Å²) in [5, 5.41) is 12.8. The Morgan fingerprint density at radius 3 is 2.96 bits per heavy atom. The third-order valence-electron chi connectivity index (χ3n) is 3.73. The SMILES string of the molecule is Fc1ccc(Oc2ccnc(Sc3nnc(NCC4CCCO4)s3)n2)cc1. The van der Waals surface area contributed by atoms with Crippen LogP contribution in [-0.2, 0) is 4.74 Å². The number of aromatic nitrogens is 4. The summed E-state index contributed by atoms with van der Waals surface area (Å²) in [5.41, 5.74) is 0. The number of ether oxygens (including phenoxy) is 2. The molecule has 3 aromatic rings. The van der Waals surface area contributed by atoms with E-state index in [2.05, 4.69) is 25.5 Å². The molecular weight excluding hydrogens is 389 g/mol. The molecule has 1 atom stereocenters. The number of nitrogens with one attached hydrogen (secondary N) is 1. The smallest absolute Gasteiger partial charge is 0.223 e. The summed E-state index contributed by atoms with van der Waals surface area (Å²) >= 11 is 2.74. The molecule has 2 aromatic heterocycles. The Balaban J connectivity index is 1.35. The zero-order valence-corrected chi connectivity index (χ0v) is 15.8. The molecule has 1 aliphatic heterocycles. The van der Waals surface area contributed by atoms with Crippen molar-refractivity contribution in [3.63, 3.8) is 0 Å². The van der Waals surface area contributed by atoms with E-state index in [0.717, 1.165) is 35.5 Å². The minimum atomic E-state index is -0.318. The van der Waals surface area contributed by atoms with E-state index in [9.17, 15) is 4.39 Å². The van der Waals surface area contributed by atoms with Crippen LogP contribution in [0.4, 0.5) is 9.52 Å². The highest BCUT2D eigenvalue weighted by Gasteiger charge is 2.16. The summed E-state index contributed by atoms with van der Waals surface area (Å²) in [6.07, 6.45) is 4.03. The Hall–Kier alpha value is -2.30. The topological polar surface area (TPSA) is 82.1 Å². The first kappa shape index (κ1) is 18.1. The van der Waals surface area contributed by atoms with E-state index < -0.39 is 0 Å². The number of hydrogen-bond acceptors (Lipinski definition) is 9. The van der Waals surface area contributed by atoms with Crippen LogP contribution < -0.4 is 10.1 Å². The van der Waals surface area contributed by atoms with E-state index in [1.807, 2.05) is 0 Å². The van der Waals surface area contributed by atoms with Gasteiger partial charge in [-0.15, -0.1) is 10.2 Å². The Morgan fingerprint density at radius 1 is 1.26 bits per heavy atom. The fourth-order valence-corrected chi connectivity index (χ4v) is 4.06. The summed E-state index contributed by atoms with van der Waals surface area (Å²) in [5.74, 6) is 0.560. The minimum absolute atomic E-state index is 0.244. The van der Waals surface area contributed by atoms with Gasteiger partial charge < -0.3 is 14.8 Å². The van der Waals surface area contributed by atoms with Crippen molar-refractivity contribution in [3.05, 3.63) is 42.3 Å². The molecule has 1 saturated heterocycles. The maximum absolute atomic E-state index is 13.0. The molecule has 27 heavy (non-hydrogen) atoms. The van der Waals surface area contributed by atoms with Gasteiger partial charge in [0.25, 0.3) is 0 Å². The number of hydrogen-bond donors (Lipinski definition) is 1. The standard InChI is InChI=1S/C17H16FN5O2S2/c18-11-3-5-12(6-4-11)25-14-7-8-19-15(21-14)26-17-23-22-16(27-17)20-10-13-2-1-9-24-13/h3-8,13H,1-2,9-10H2,(H,20,22). The van der Waals surface area contributed by atoms with Gasteiger partial charge in [0.2, 0.25) is 11.0 Å². The average Bonchev–Trinajstić information content (AvgIpc) is 3.34. The Kier molecular flexibility index (Phi) is 5.75. The minimum Gasteiger partial charge on any atom is -0.439 e. The predicted octanol–water partition coefficient (Wildman–Crippen LogP) is 4.00. The molecule has 1 unspecified atom stereocenters. The number of benzene rings is 1. The third-order valence-corrected chi connectivity index (χ3v) is 5.55. The fraction of sp³-hybridized carbons (Fsp3) is 0.294. The normalized spacial score (nSPS) is 16.4. The Morgan fingerprint density at radius 2 is 2.15 bits per heavy atom. The highest BCUT2D eigenvalue weighted by Crippen LogP contribution is 2.31. The summed E-state index contributed by atoms with van der Waals surface area (Å²) in [6, 6.07) is 7.39.